The average Bonchev–Trinajstić information content (AvgIpc) is 2.89. The van der Waals surface area contributed by atoms with Crippen LogP contribution in [0.1, 0.15) is 31.4 Å². The number of ether oxygens (including phenoxy) is 1. The molecule has 0 spiro atoms. The average molecular weight is 446 g/mol. The Labute approximate surface area is 202 Å². The molecule has 2 aliphatic rings. The first-order chi connectivity index (χ1) is 16.7. The number of nitriles is 1. The minimum atomic E-state index is 0.525. The van der Waals surface area contributed by atoms with Gasteiger partial charge in [0.1, 0.15) is 18.1 Å². The van der Waals surface area contributed by atoms with Crippen molar-refractivity contribution in [1.82, 2.24) is 0 Å². The fourth-order valence-electron chi connectivity index (χ4n) is 4.02. The van der Waals surface area contributed by atoms with Gasteiger partial charge in [0.15, 0.2) is 12.3 Å². The summed E-state index contributed by atoms with van der Waals surface area (Å²) in [7, 11) is 0. The van der Waals surface area contributed by atoms with Crippen LogP contribution in [0.3, 0.4) is 0 Å². The summed E-state index contributed by atoms with van der Waals surface area (Å²) in [5.41, 5.74) is 6.80. The van der Waals surface area contributed by atoms with Gasteiger partial charge in [-0.15, -0.1) is 0 Å². The summed E-state index contributed by atoms with van der Waals surface area (Å²) in [6.45, 7) is 5.86. The minimum absolute atomic E-state index is 0.525. The topological polar surface area (TPSA) is 36.0 Å². The van der Waals surface area contributed by atoms with Crippen molar-refractivity contribution in [2.45, 2.75) is 20.3 Å². The van der Waals surface area contributed by atoms with Crippen LogP contribution in [0.5, 0.6) is 0 Å². The van der Waals surface area contributed by atoms with E-state index in [9.17, 15) is 0 Å². The van der Waals surface area contributed by atoms with E-state index in [1.54, 1.807) is 0 Å². The molecule has 0 unspecified atom stereocenters. The van der Waals surface area contributed by atoms with E-state index in [2.05, 4.69) is 97.3 Å². The zero-order valence-corrected chi connectivity index (χ0v) is 19.7. The highest BCUT2D eigenvalue weighted by molar-refractivity contribution is 6.03. The lowest BCUT2D eigenvalue weighted by atomic mass is 9.98. The molecule has 1 aliphatic carbocycles. The summed E-state index contributed by atoms with van der Waals surface area (Å²) in [5.74, 6) is 1.64. The van der Waals surface area contributed by atoms with Crippen molar-refractivity contribution in [1.29, 1.82) is 5.26 Å². The molecule has 0 atom stereocenters. The van der Waals surface area contributed by atoms with Crippen molar-refractivity contribution in [3.05, 3.63) is 131 Å². The molecule has 2 aromatic rings. The first-order valence-corrected chi connectivity index (χ1v) is 11.7. The third-order valence-electron chi connectivity index (χ3n) is 5.90. The predicted molar refractivity (Wildman–Crippen MR) is 140 cm³/mol. The van der Waals surface area contributed by atoms with Gasteiger partial charge in [-0.25, -0.2) is 4.58 Å². The Morgan fingerprint density at radius 2 is 1.59 bits per heavy atom. The van der Waals surface area contributed by atoms with E-state index >= 15 is 0 Å². The third kappa shape index (κ3) is 5.60. The van der Waals surface area contributed by atoms with Gasteiger partial charge in [-0.05, 0) is 60.4 Å². The van der Waals surface area contributed by atoms with Gasteiger partial charge in [0.2, 0.25) is 0 Å². The Morgan fingerprint density at radius 1 is 0.882 bits per heavy atom. The Balaban J connectivity index is 1.65. The number of hydrogen-bond acceptors (Lipinski definition) is 2. The fourth-order valence-corrected chi connectivity index (χ4v) is 4.02. The van der Waals surface area contributed by atoms with Crippen molar-refractivity contribution in [2.75, 3.05) is 13.1 Å². The maximum atomic E-state index is 8.92. The molecule has 0 aromatic heterocycles. The van der Waals surface area contributed by atoms with E-state index in [1.807, 2.05) is 30.3 Å². The highest BCUT2D eigenvalue weighted by Crippen LogP contribution is 2.32. The molecule has 3 nitrogen and oxygen atoms in total. The molecule has 0 amide bonds. The first-order valence-electron chi connectivity index (χ1n) is 11.7. The van der Waals surface area contributed by atoms with Crippen LogP contribution in [0.15, 0.2) is 120 Å². The lowest BCUT2D eigenvalue weighted by Crippen LogP contribution is -2.21. The monoisotopic (exact) mass is 445 g/mol. The van der Waals surface area contributed by atoms with E-state index in [4.69, 9.17) is 10.00 Å². The second-order valence-electron chi connectivity index (χ2n) is 8.21. The van der Waals surface area contributed by atoms with Gasteiger partial charge < -0.3 is 4.74 Å². The molecule has 0 N–H and O–H groups in total. The van der Waals surface area contributed by atoms with Crippen molar-refractivity contribution in [2.24, 2.45) is 0 Å². The van der Waals surface area contributed by atoms with Crippen LogP contribution >= 0.6 is 0 Å². The molecule has 0 radical (unpaired) electrons. The van der Waals surface area contributed by atoms with E-state index in [0.717, 1.165) is 52.6 Å². The van der Waals surface area contributed by atoms with Gasteiger partial charge in [0.05, 0.1) is 12.5 Å². The molecule has 3 heteroatoms. The van der Waals surface area contributed by atoms with E-state index in [-0.39, 0.29) is 0 Å². The van der Waals surface area contributed by atoms with Gasteiger partial charge in [-0.1, -0.05) is 66.7 Å². The normalized spacial score (nSPS) is 19.1. The molecule has 0 fully saturated rings. The van der Waals surface area contributed by atoms with Crippen molar-refractivity contribution in [3.63, 3.8) is 0 Å². The maximum Gasteiger partial charge on any atom is 0.200 e. The highest BCUT2D eigenvalue weighted by atomic mass is 16.5. The number of rotatable bonds is 6. The SMILES string of the molecule is CC[N+](CCC#N)=C1C=C/C(=C/C=C2\C=C(c3ccccc3)C=C(c3ccccc3)O2)C(C)=C1. The van der Waals surface area contributed by atoms with Crippen LogP contribution in [0, 0.1) is 11.3 Å². The van der Waals surface area contributed by atoms with E-state index < -0.39 is 0 Å². The van der Waals surface area contributed by atoms with Crippen LogP contribution < -0.4 is 0 Å². The highest BCUT2D eigenvalue weighted by Gasteiger charge is 2.15. The molecule has 2 aromatic carbocycles. The number of hydrogen-bond donors (Lipinski definition) is 0. The quantitative estimate of drug-likeness (QED) is 0.456. The minimum Gasteiger partial charge on any atom is -0.457 e. The molecule has 0 saturated carbocycles. The Kier molecular flexibility index (Phi) is 7.53. The molecule has 4 rings (SSSR count). The fraction of sp³-hybridized carbons (Fsp3) is 0.161. The summed E-state index contributed by atoms with van der Waals surface area (Å²) in [5, 5.41) is 8.92. The summed E-state index contributed by atoms with van der Waals surface area (Å²) >= 11 is 0. The molecule has 34 heavy (non-hydrogen) atoms. The van der Waals surface area contributed by atoms with Gasteiger partial charge in [0, 0.05) is 17.7 Å². The predicted octanol–water partition coefficient (Wildman–Crippen LogP) is 6.85. The Bertz CT molecular complexity index is 1290. The lowest BCUT2D eigenvalue weighted by Gasteiger charge is -2.18. The zero-order chi connectivity index (χ0) is 23.8. The van der Waals surface area contributed by atoms with Crippen LogP contribution in [0.25, 0.3) is 11.3 Å². The summed E-state index contributed by atoms with van der Waals surface area (Å²) in [4.78, 5) is 0. The van der Waals surface area contributed by atoms with Gasteiger partial charge >= 0.3 is 0 Å². The van der Waals surface area contributed by atoms with Crippen molar-refractivity contribution < 1.29 is 9.31 Å². The Morgan fingerprint density at radius 3 is 2.24 bits per heavy atom. The van der Waals surface area contributed by atoms with Crippen molar-refractivity contribution in [3.8, 4) is 6.07 Å². The summed E-state index contributed by atoms with van der Waals surface area (Å²) in [6, 6.07) is 22.8. The lowest BCUT2D eigenvalue weighted by molar-refractivity contribution is -0.521. The third-order valence-corrected chi connectivity index (χ3v) is 5.90. The molecule has 1 heterocycles. The van der Waals surface area contributed by atoms with E-state index in [0.29, 0.717) is 6.42 Å². The number of allylic oxidation sites excluding steroid dienone is 10. The second kappa shape index (κ2) is 11.1. The largest absolute Gasteiger partial charge is 0.457 e. The first kappa shape index (κ1) is 23.0. The van der Waals surface area contributed by atoms with Crippen molar-refractivity contribution >= 4 is 17.0 Å². The van der Waals surface area contributed by atoms with Gasteiger partial charge in [-0.3, -0.25) is 0 Å². The van der Waals surface area contributed by atoms with Crippen LogP contribution in [0.2, 0.25) is 0 Å². The summed E-state index contributed by atoms with van der Waals surface area (Å²) < 4.78 is 8.52. The molecular weight excluding hydrogens is 416 g/mol. The number of nitrogens with zero attached hydrogens (tertiary/aromatic N) is 2. The summed E-state index contributed by atoms with van der Waals surface area (Å²) in [6.07, 6.45) is 15.3. The second-order valence-corrected chi connectivity index (χ2v) is 8.21. The van der Waals surface area contributed by atoms with Crippen LogP contribution in [0.4, 0.5) is 0 Å². The Hall–Kier alpha value is -4.16. The molecule has 1 aliphatic heterocycles. The van der Waals surface area contributed by atoms with Gasteiger partial charge in [-0.2, -0.15) is 5.26 Å². The molecule has 0 saturated heterocycles. The zero-order valence-electron chi connectivity index (χ0n) is 19.7. The smallest absolute Gasteiger partial charge is 0.200 e. The number of benzene rings is 2. The standard InChI is InChI=1S/C31H29N2O/c1-3-33(20-10-19-32)29-17-15-25(24(2)21-29)16-18-30-22-28(26-11-6-4-7-12-26)23-31(34-30)27-13-8-5-9-14-27/h4-9,11-18,21-23H,3,10,20H2,1-2H3/q+1/b25-16-,30-18+,33-29?. The molecular formula is C31H29N2O+. The molecule has 0 bridgehead atoms. The van der Waals surface area contributed by atoms with Crippen LogP contribution in [-0.4, -0.2) is 23.4 Å². The van der Waals surface area contributed by atoms with Crippen LogP contribution in [-0.2, 0) is 4.74 Å². The van der Waals surface area contributed by atoms with Gasteiger partial charge in [0.25, 0.3) is 0 Å². The molecule has 168 valence electrons. The van der Waals surface area contributed by atoms with E-state index in [1.165, 1.54) is 5.57 Å². The maximum absolute atomic E-state index is 8.92.